The van der Waals surface area contributed by atoms with Gasteiger partial charge in [0.1, 0.15) is 17.6 Å². The van der Waals surface area contributed by atoms with Crippen molar-refractivity contribution in [1.82, 2.24) is 0 Å². The predicted octanol–water partition coefficient (Wildman–Crippen LogP) is 3.79. The summed E-state index contributed by atoms with van der Waals surface area (Å²) in [5.74, 6) is -3.07. The minimum Gasteiger partial charge on any atom is -0.495 e. The molecular formula is C15H11F3N2O. The maximum absolute atomic E-state index is 13.7. The van der Waals surface area contributed by atoms with Gasteiger partial charge < -0.3 is 10.1 Å². The van der Waals surface area contributed by atoms with Crippen LogP contribution in [0, 0.1) is 28.8 Å². The third-order valence-corrected chi connectivity index (χ3v) is 2.89. The number of methoxy groups -OCH3 is 1. The Hall–Kier alpha value is -2.68. The zero-order valence-corrected chi connectivity index (χ0v) is 11.0. The highest BCUT2D eigenvalue weighted by Crippen LogP contribution is 2.29. The first-order chi connectivity index (χ1) is 10.1. The fourth-order valence-electron chi connectivity index (χ4n) is 1.86. The van der Waals surface area contributed by atoms with Crippen LogP contribution in [0.2, 0.25) is 0 Å². The highest BCUT2D eigenvalue weighted by Gasteiger charge is 2.19. The second-order valence-corrected chi connectivity index (χ2v) is 4.19. The van der Waals surface area contributed by atoms with E-state index in [2.05, 4.69) is 5.32 Å². The molecule has 0 fully saturated rings. The Morgan fingerprint density at radius 3 is 2.43 bits per heavy atom. The number of nitrogens with zero attached hydrogens (tertiary/aromatic N) is 1. The van der Waals surface area contributed by atoms with Crippen LogP contribution >= 0.6 is 0 Å². The van der Waals surface area contributed by atoms with Crippen molar-refractivity contribution in [2.75, 3.05) is 12.4 Å². The van der Waals surface area contributed by atoms with E-state index in [0.29, 0.717) is 23.6 Å². The number of ether oxygens (including phenoxy) is 1. The molecule has 0 amide bonds. The molecule has 1 atom stereocenters. The molecule has 0 radical (unpaired) electrons. The molecular weight excluding hydrogens is 281 g/mol. The smallest absolute Gasteiger partial charge is 0.161 e. The minimum atomic E-state index is -1.30. The van der Waals surface area contributed by atoms with Gasteiger partial charge in [-0.05, 0) is 18.2 Å². The average molecular weight is 292 g/mol. The summed E-state index contributed by atoms with van der Waals surface area (Å²) in [6.07, 6.45) is 0. The quantitative estimate of drug-likeness (QED) is 0.872. The van der Waals surface area contributed by atoms with E-state index in [9.17, 15) is 13.2 Å². The maximum atomic E-state index is 13.7. The molecule has 6 heteroatoms. The SMILES string of the molecule is COc1ccccc1NC(C#N)c1cc(F)c(F)cc1F. The lowest BCUT2D eigenvalue weighted by Gasteiger charge is -2.16. The highest BCUT2D eigenvalue weighted by atomic mass is 19.2. The van der Waals surface area contributed by atoms with Gasteiger partial charge >= 0.3 is 0 Å². The van der Waals surface area contributed by atoms with Gasteiger partial charge in [-0.1, -0.05) is 12.1 Å². The molecule has 0 heterocycles. The molecule has 0 spiro atoms. The maximum Gasteiger partial charge on any atom is 0.161 e. The molecule has 2 aromatic carbocycles. The molecule has 2 rings (SSSR count). The molecule has 0 aliphatic heterocycles. The summed E-state index contributed by atoms with van der Waals surface area (Å²) < 4.78 is 45.0. The molecule has 3 nitrogen and oxygen atoms in total. The van der Waals surface area contributed by atoms with E-state index in [1.165, 1.54) is 7.11 Å². The fraction of sp³-hybridized carbons (Fsp3) is 0.133. The topological polar surface area (TPSA) is 45.0 Å². The van der Waals surface area contributed by atoms with Gasteiger partial charge in [0.25, 0.3) is 0 Å². The standard InChI is InChI=1S/C15H11F3N2O/c1-21-15-5-3-2-4-13(15)20-14(8-19)9-6-11(17)12(18)7-10(9)16/h2-7,14,20H,1H3. The minimum absolute atomic E-state index is 0.276. The molecule has 0 aliphatic carbocycles. The van der Waals surface area contributed by atoms with Crippen LogP contribution < -0.4 is 10.1 Å². The Morgan fingerprint density at radius 1 is 1.10 bits per heavy atom. The first-order valence-electron chi connectivity index (χ1n) is 6.00. The Labute approximate surface area is 119 Å². The number of nitriles is 1. The van der Waals surface area contributed by atoms with Gasteiger partial charge in [0.05, 0.1) is 18.9 Å². The molecule has 1 unspecified atom stereocenters. The van der Waals surface area contributed by atoms with E-state index in [4.69, 9.17) is 10.00 Å². The number of halogens is 3. The third-order valence-electron chi connectivity index (χ3n) is 2.89. The van der Waals surface area contributed by atoms with Crippen molar-refractivity contribution < 1.29 is 17.9 Å². The van der Waals surface area contributed by atoms with Gasteiger partial charge in [-0.25, -0.2) is 13.2 Å². The largest absolute Gasteiger partial charge is 0.495 e. The summed E-state index contributed by atoms with van der Waals surface area (Å²) in [5, 5.41) is 11.9. The monoisotopic (exact) mass is 292 g/mol. The Bertz CT molecular complexity index is 698. The van der Waals surface area contributed by atoms with Crippen molar-refractivity contribution in [3.05, 3.63) is 59.4 Å². The second kappa shape index (κ2) is 6.18. The second-order valence-electron chi connectivity index (χ2n) is 4.19. The molecule has 2 aromatic rings. The number of para-hydroxylation sites is 2. The summed E-state index contributed by atoms with van der Waals surface area (Å²) in [5.41, 5.74) is 0.165. The van der Waals surface area contributed by atoms with Gasteiger partial charge in [-0.15, -0.1) is 0 Å². The van der Waals surface area contributed by atoms with Crippen molar-refractivity contribution in [2.45, 2.75) is 6.04 Å². The van der Waals surface area contributed by atoms with Crippen LogP contribution in [0.5, 0.6) is 5.75 Å². The van der Waals surface area contributed by atoms with Crippen molar-refractivity contribution in [3.63, 3.8) is 0 Å². The van der Waals surface area contributed by atoms with Crippen molar-refractivity contribution in [3.8, 4) is 11.8 Å². The fourth-order valence-corrected chi connectivity index (χ4v) is 1.86. The van der Waals surface area contributed by atoms with Crippen LogP contribution in [0.3, 0.4) is 0 Å². The lowest BCUT2D eigenvalue weighted by molar-refractivity contribution is 0.416. The number of benzene rings is 2. The molecule has 0 bridgehead atoms. The van der Waals surface area contributed by atoms with Gasteiger partial charge in [-0.2, -0.15) is 5.26 Å². The summed E-state index contributed by atoms with van der Waals surface area (Å²) >= 11 is 0. The van der Waals surface area contributed by atoms with Crippen molar-refractivity contribution >= 4 is 5.69 Å². The van der Waals surface area contributed by atoms with Gasteiger partial charge in [0.2, 0.25) is 0 Å². The molecule has 108 valence electrons. The van der Waals surface area contributed by atoms with Crippen LogP contribution in [0.15, 0.2) is 36.4 Å². The van der Waals surface area contributed by atoms with E-state index in [1.54, 1.807) is 24.3 Å². The average Bonchev–Trinajstić information content (AvgIpc) is 2.49. The van der Waals surface area contributed by atoms with Crippen LogP contribution in [-0.4, -0.2) is 7.11 Å². The summed E-state index contributed by atoms with van der Waals surface area (Å²) in [7, 11) is 1.44. The number of anilines is 1. The number of hydrogen-bond acceptors (Lipinski definition) is 3. The Kier molecular flexibility index (Phi) is 4.33. The Morgan fingerprint density at radius 2 is 1.76 bits per heavy atom. The number of hydrogen-bond donors (Lipinski definition) is 1. The Balaban J connectivity index is 2.37. The van der Waals surface area contributed by atoms with E-state index in [0.717, 1.165) is 0 Å². The van der Waals surface area contributed by atoms with Crippen LogP contribution in [0.25, 0.3) is 0 Å². The van der Waals surface area contributed by atoms with Crippen LogP contribution in [-0.2, 0) is 0 Å². The molecule has 0 saturated carbocycles. The summed E-state index contributed by atoms with van der Waals surface area (Å²) in [4.78, 5) is 0. The molecule has 0 aliphatic rings. The van der Waals surface area contributed by atoms with Crippen LogP contribution in [0.1, 0.15) is 11.6 Å². The van der Waals surface area contributed by atoms with Crippen molar-refractivity contribution in [1.29, 1.82) is 5.26 Å². The first kappa shape index (κ1) is 14.7. The van der Waals surface area contributed by atoms with Crippen LogP contribution in [0.4, 0.5) is 18.9 Å². The van der Waals surface area contributed by atoms with Gasteiger partial charge in [-0.3, -0.25) is 0 Å². The van der Waals surface area contributed by atoms with E-state index < -0.39 is 23.5 Å². The molecule has 21 heavy (non-hydrogen) atoms. The zero-order chi connectivity index (χ0) is 15.4. The predicted molar refractivity (Wildman–Crippen MR) is 71.3 cm³/mol. The summed E-state index contributed by atoms with van der Waals surface area (Å²) in [6.45, 7) is 0. The van der Waals surface area contributed by atoms with E-state index in [-0.39, 0.29) is 5.56 Å². The van der Waals surface area contributed by atoms with Gasteiger partial charge in [0, 0.05) is 11.6 Å². The van der Waals surface area contributed by atoms with E-state index >= 15 is 0 Å². The van der Waals surface area contributed by atoms with E-state index in [1.807, 2.05) is 6.07 Å². The number of nitrogens with one attached hydrogen (secondary N) is 1. The molecule has 0 aromatic heterocycles. The molecule has 0 saturated heterocycles. The van der Waals surface area contributed by atoms with Crippen molar-refractivity contribution in [2.24, 2.45) is 0 Å². The normalized spacial score (nSPS) is 11.6. The molecule has 1 N–H and O–H groups in total. The third kappa shape index (κ3) is 3.08. The highest BCUT2D eigenvalue weighted by molar-refractivity contribution is 5.58. The lowest BCUT2D eigenvalue weighted by atomic mass is 10.1. The zero-order valence-electron chi connectivity index (χ0n) is 11.0. The van der Waals surface area contributed by atoms with Gasteiger partial charge in [0.15, 0.2) is 11.6 Å². The summed E-state index contributed by atoms with van der Waals surface area (Å²) in [6, 6.07) is 8.41. The number of rotatable bonds is 4. The first-order valence-corrected chi connectivity index (χ1v) is 6.00. The lowest BCUT2D eigenvalue weighted by Crippen LogP contribution is -2.12.